The van der Waals surface area contributed by atoms with Gasteiger partial charge in [-0.25, -0.2) is 4.79 Å². The van der Waals surface area contributed by atoms with Crippen LogP contribution in [0.4, 0.5) is 5.69 Å². The lowest BCUT2D eigenvalue weighted by Gasteiger charge is -2.09. The summed E-state index contributed by atoms with van der Waals surface area (Å²) in [6.45, 7) is 2.34. The van der Waals surface area contributed by atoms with Crippen molar-refractivity contribution in [3.63, 3.8) is 0 Å². The van der Waals surface area contributed by atoms with E-state index in [1.54, 1.807) is 51.5 Å². The molecule has 0 amide bonds. The summed E-state index contributed by atoms with van der Waals surface area (Å²) in [5.41, 5.74) is 1.79. The highest BCUT2D eigenvalue weighted by Crippen LogP contribution is 2.31. The topological polar surface area (TPSA) is 95.7 Å². The molecule has 0 spiro atoms. The first-order valence-electron chi connectivity index (χ1n) is 8.71. The molecule has 0 saturated carbocycles. The van der Waals surface area contributed by atoms with Gasteiger partial charge in [0.1, 0.15) is 0 Å². The molecule has 1 heterocycles. The predicted octanol–water partition coefficient (Wildman–Crippen LogP) is 3.54. The van der Waals surface area contributed by atoms with Crippen molar-refractivity contribution in [1.29, 1.82) is 0 Å². The lowest BCUT2D eigenvalue weighted by molar-refractivity contribution is 0.0527. The summed E-state index contributed by atoms with van der Waals surface area (Å²) < 4.78 is 21.3. The quantitative estimate of drug-likeness (QED) is 0.590. The molecule has 2 aromatic carbocycles. The van der Waals surface area contributed by atoms with Crippen molar-refractivity contribution in [2.45, 2.75) is 13.5 Å². The molecule has 146 valence electrons. The highest BCUT2D eigenvalue weighted by molar-refractivity contribution is 5.95. The third-order valence-electron chi connectivity index (χ3n) is 3.95. The van der Waals surface area contributed by atoms with Gasteiger partial charge in [0.2, 0.25) is 11.8 Å². The number of anilines is 1. The van der Waals surface area contributed by atoms with Gasteiger partial charge >= 0.3 is 5.97 Å². The maximum absolute atomic E-state index is 12.0. The first-order chi connectivity index (χ1) is 13.7. The van der Waals surface area contributed by atoms with Crippen LogP contribution in [0.5, 0.6) is 11.5 Å². The van der Waals surface area contributed by atoms with Crippen LogP contribution in [0.2, 0.25) is 0 Å². The molecule has 0 aliphatic heterocycles. The van der Waals surface area contributed by atoms with Gasteiger partial charge in [-0.05, 0) is 37.3 Å². The number of hydrogen-bond donors (Lipinski definition) is 1. The van der Waals surface area contributed by atoms with Gasteiger partial charge in [0, 0.05) is 11.3 Å². The molecule has 0 bridgehead atoms. The van der Waals surface area contributed by atoms with Gasteiger partial charge in [-0.15, -0.1) is 10.2 Å². The zero-order chi connectivity index (χ0) is 19.9. The van der Waals surface area contributed by atoms with E-state index in [2.05, 4.69) is 15.5 Å². The predicted molar refractivity (Wildman–Crippen MR) is 103 cm³/mol. The van der Waals surface area contributed by atoms with Gasteiger partial charge in [0.05, 0.1) is 32.9 Å². The number of rotatable bonds is 8. The van der Waals surface area contributed by atoms with Crippen LogP contribution in [-0.4, -0.2) is 37.0 Å². The molecular formula is C20H21N3O5. The van der Waals surface area contributed by atoms with E-state index in [1.807, 2.05) is 12.1 Å². The SMILES string of the molecule is CCOC(=O)c1ccccc1NCc1nnc(-c2ccc(OC)c(OC)c2)o1. The van der Waals surface area contributed by atoms with Gasteiger partial charge in [0.25, 0.3) is 0 Å². The summed E-state index contributed by atoms with van der Waals surface area (Å²) in [6.07, 6.45) is 0. The van der Waals surface area contributed by atoms with Gasteiger partial charge in [-0.3, -0.25) is 0 Å². The molecule has 0 saturated heterocycles. The normalized spacial score (nSPS) is 10.4. The summed E-state index contributed by atoms with van der Waals surface area (Å²) in [6, 6.07) is 12.4. The Morgan fingerprint density at radius 2 is 1.86 bits per heavy atom. The summed E-state index contributed by atoms with van der Waals surface area (Å²) in [4.78, 5) is 12.0. The number of ether oxygens (including phenoxy) is 3. The number of benzene rings is 2. The Hall–Kier alpha value is -3.55. The van der Waals surface area contributed by atoms with Crippen molar-refractivity contribution >= 4 is 11.7 Å². The molecule has 8 heteroatoms. The van der Waals surface area contributed by atoms with Crippen LogP contribution in [-0.2, 0) is 11.3 Å². The average molecular weight is 383 g/mol. The Kier molecular flexibility index (Phi) is 6.11. The van der Waals surface area contributed by atoms with Crippen LogP contribution in [0, 0.1) is 0 Å². The lowest BCUT2D eigenvalue weighted by Crippen LogP contribution is -2.09. The molecule has 28 heavy (non-hydrogen) atoms. The van der Waals surface area contributed by atoms with Gasteiger partial charge < -0.3 is 23.9 Å². The molecule has 0 atom stereocenters. The molecule has 1 aromatic heterocycles. The van der Waals surface area contributed by atoms with Crippen molar-refractivity contribution in [2.24, 2.45) is 0 Å². The number of nitrogens with zero attached hydrogens (tertiary/aromatic N) is 2. The third kappa shape index (κ3) is 4.22. The number of carbonyl (C=O) groups excluding carboxylic acids is 1. The highest BCUT2D eigenvalue weighted by atomic mass is 16.5. The van der Waals surface area contributed by atoms with E-state index in [0.29, 0.717) is 46.7 Å². The Balaban J connectivity index is 1.74. The molecular weight excluding hydrogens is 362 g/mol. The van der Waals surface area contributed by atoms with Gasteiger partial charge in [0.15, 0.2) is 11.5 Å². The van der Waals surface area contributed by atoms with Crippen LogP contribution in [0.1, 0.15) is 23.2 Å². The third-order valence-corrected chi connectivity index (χ3v) is 3.95. The zero-order valence-electron chi connectivity index (χ0n) is 15.9. The Morgan fingerprint density at radius 1 is 1.07 bits per heavy atom. The number of methoxy groups -OCH3 is 2. The van der Waals surface area contributed by atoms with Crippen LogP contribution < -0.4 is 14.8 Å². The lowest BCUT2D eigenvalue weighted by atomic mass is 10.2. The maximum Gasteiger partial charge on any atom is 0.340 e. The minimum Gasteiger partial charge on any atom is -0.493 e. The van der Waals surface area contributed by atoms with E-state index in [1.165, 1.54) is 0 Å². The monoisotopic (exact) mass is 383 g/mol. The minimum atomic E-state index is -0.387. The van der Waals surface area contributed by atoms with Gasteiger partial charge in [-0.1, -0.05) is 12.1 Å². The highest BCUT2D eigenvalue weighted by Gasteiger charge is 2.14. The van der Waals surface area contributed by atoms with Crippen LogP contribution in [0.3, 0.4) is 0 Å². The van der Waals surface area contributed by atoms with Crippen molar-refractivity contribution in [1.82, 2.24) is 10.2 Å². The maximum atomic E-state index is 12.0. The molecule has 0 aliphatic rings. The second-order valence-corrected chi connectivity index (χ2v) is 5.69. The fourth-order valence-electron chi connectivity index (χ4n) is 2.61. The second kappa shape index (κ2) is 8.90. The van der Waals surface area contributed by atoms with E-state index in [9.17, 15) is 4.79 Å². The number of carbonyl (C=O) groups is 1. The fraction of sp³-hybridized carbons (Fsp3) is 0.250. The zero-order valence-corrected chi connectivity index (χ0v) is 15.9. The number of nitrogens with one attached hydrogen (secondary N) is 1. The molecule has 0 radical (unpaired) electrons. The number of aromatic nitrogens is 2. The molecule has 0 fully saturated rings. The largest absolute Gasteiger partial charge is 0.493 e. The minimum absolute atomic E-state index is 0.261. The van der Waals surface area contributed by atoms with E-state index < -0.39 is 0 Å². The van der Waals surface area contributed by atoms with E-state index in [4.69, 9.17) is 18.6 Å². The molecule has 3 aromatic rings. The second-order valence-electron chi connectivity index (χ2n) is 5.69. The summed E-state index contributed by atoms with van der Waals surface area (Å²) in [5.74, 6) is 1.53. The van der Waals surface area contributed by atoms with Gasteiger partial charge in [-0.2, -0.15) is 0 Å². The summed E-state index contributed by atoms with van der Waals surface area (Å²) >= 11 is 0. The first-order valence-corrected chi connectivity index (χ1v) is 8.71. The Morgan fingerprint density at radius 3 is 2.61 bits per heavy atom. The van der Waals surface area contributed by atoms with Crippen molar-refractivity contribution in [2.75, 3.05) is 26.1 Å². The Bertz CT molecular complexity index is 955. The smallest absolute Gasteiger partial charge is 0.340 e. The average Bonchev–Trinajstić information content (AvgIpc) is 3.21. The number of para-hydroxylation sites is 1. The molecule has 0 aliphatic carbocycles. The van der Waals surface area contributed by atoms with E-state index in [0.717, 1.165) is 0 Å². The molecule has 8 nitrogen and oxygen atoms in total. The van der Waals surface area contributed by atoms with Crippen LogP contribution in [0.25, 0.3) is 11.5 Å². The fourth-order valence-corrected chi connectivity index (χ4v) is 2.61. The molecule has 1 N–H and O–H groups in total. The van der Waals surface area contributed by atoms with Crippen molar-refractivity contribution in [3.05, 3.63) is 53.9 Å². The first kappa shape index (κ1) is 19.2. The van der Waals surface area contributed by atoms with Crippen molar-refractivity contribution < 1.29 is 23.4 Å². The van der Waals surface area contributed by atoms with E-state index in [-0.39, 0.29) is 12.5 Å². The summed E-state index contributed by atoms with van der Waals surface area (Å²) in [7, 11) is 3.13. The number of esters is 1. The summed E-state index contributed by atoms with van der Waals surface area (Å²) in [5, 5.41) is 11.3. The Labute approximate surface area is 162 Å². The molecule has 0 unspecified atom stereocenters. The molecule has 3 rings (SSSR count). The van der Waals surface area contributed by atoms with Crippen LogP contribution >= 0.6 is 0 Å². The van der Waals surface area contributed by atoms with Crippen LogP contribution in [0.15, 0.2) is 46.9 Å². The number of hydrogen-bond acceptors (Lipinski definition) is 8. The standard InChI is InChI=1S/C20H21N3O5/c1-4-27-20(24)14-7-5-6-8-15(14)21-12-18-22-23-19(28-18)13-9-10-16(25-2)17(11-13)26-3/h5-11,21H,4,12H2,1-3H3. The van der Waals surface area contributed by atoms with Crippen molar-refractivity contribution in [3.8, 4) is 23.0 Å². The van der Waals surface area contributed by atoms with E-state index >= 15 is 0 Å².